The maximum atomic E-state index is 13.6. The Bertz CT molecular complexity index is 1580. The van der Waals surface area contributed by atoms with E-state index in [2.05, 4.69) is 0 Å². The molecule has 1 aliphatic rings. The number of nitrogens with zero attached hydrogens (tertiary/aromatic N) is 1. The lowest BCUT2D eigenvalue weighted by Gasteiger charge is -2.27. The predicted octanol–water partition coefficient (Wildman–Crippen LogP) is 6.43. The van der Waals surface area contributed by atoms with E-state index >= 15 is 0 Å². The Hall–Kier alpha value is -5.04. The van der Waals surface area contributed by atoms with Crippen molar-refractivity contribution in [2.45, 2.75) is 13.0 Å². The first-order valence-electron chi connectivity index (χ1n) is 12.3. The standard InChI is InChI=1S/C32H27NO6/c1-20-10-7-8-15-25(20)33-29(21-11-9-14-24(18-21)39-23-12-5-4-6-13-23)28(31(35)32(33)36)30(34)22-16-17-26(37-2)27(19-22)38-3/h4-19,29,34H,1-3H3/b30-28+. The highest BCUT2D eigenvalue weighted by molar-refractivity contribution is 6.51. The van der Waals surface area contributed by atoms with Crippen LogP contribution in [0.25, 0.3) is 5.76 Å². The van der Waals surface area contributed by atoms with E-state index in [1.165, 1.54) is 19.1 Å². The molecule has 39 heavy (non-hydrogen) atoms. The van der Waals surface area contributed by atoms with E-state index in [4.69, 9.17) is 14.2 Å². The highest BCUT2D eigenvalue weighted by Gasteiger charge is 2.47. The lowest BCUT2D eigenvalue weighted by Crippen LogP contribution is -2.30. The van der Waals surface area contributed by atoms with Crippen LogP contribution in [0.4, 0.5) is 5.69 Å². The molecular formula is C32H27NO6. The maximum Gasteiger partial charge on any atom is 0.300 e. The van der Waals surface area contributed by atoms with Crippen molar-refractivity contribution in [1.29, 1.82) is 0 Å². The zero-order valence-corrected chi connectivity index (χ0v) is 21.8. The number of aryl methyl sites for hydroxylation is 1. The molecule has 196 valence electrons. The van der Waals surface area contributed by atoms with E-state index in [1.54, 1.807) is 42.5 Å². The first-order chi connectivity index (χ1) is 18.9. The molecule has 0 aliphatic carbocycles. The molecule has 1 N–H and O–H groups in total. The van der Waals surface area contributed by atoms with Gasteiger partial charge in [-0.3, -0.25) is 14.5 Å². The molecule has 0 radical (unpaired) electrons. The van der Waals surface area contributed by atoms with E-state index in [9.17, 15) is 14.7 Å². The lowest BCUT2D eigenvalue weighted by atomic mass is 9.94. The summed E-state index contributed by atoms with van der Waals surface area (Å²) in [6, 6.07) is 27.7. The fourth-order valence-corrected chi connectivity index (χ4v) is 4.74. The van der Waals surface area contributed by atoms with Crippen LogP contribution in [0.1, 0.15) is 22.7 Å². The summed E-state index contributed by atoms with van der Waals surface area (Å²) in [6.07, 6.45) is 0. The molecule has 0 bridgehead atoms. The largest absolute Gasteiger partial charge is 0.507 e. The Morgan fingerprint density at radius 3 is 2.18 bits per heavy atom. The number of amides is 1. The van der Waals surface area contributed by atoms with Crippen molar-refractivity contribution in [1.82, 2.24) is 0 Å². The minimum Gasteiger partial charge on any atom is -0.507 e. The number of ether oxygens (including phenoxy) is 3. The molecule has 1 heterocycles. The van der Waals surface area contributed by atoms with Gasteiger partial charge in [0.2, 0.25) is 0 Å². The van der Waals surface area contributed by atoms with Crippen LogP contribution in [-0.4, -0.2) is 31.0 Å². The summed E-state index contributed by atoms with van der Waals surface area (Å²) in [7, 11) is 2.99. The molecule has 1 atom stereocenters. The van der Waals surface area contributed by atoms with Gasteiger partial charge in [-0.05, 0) is 66.6 Å². The zero-order valence-electron chi connectivity index (χ0n) is 21.8. The smallest absolute Gasteiger partial charge is 0.300 e. The van der Waals surface area contributed by atoms with E-state index in [0.717, 1.165) is 5.56 Å². The van der Waals surface area contributed by atoms with Crippen molar-refractivity contribution in [3.8, 4) is 23.0 Å². The van der Waals surface area contributed by atoms with Gasteiger partial charge in [0.15, 0.2) is 11.5 Å². The number of carbonyl (C=O) groups is 2. The number of hydrogen-bond acceptors (Lipinski definition) is 6. The summed E-state index contributed by atoms with van der Waals surface area (Å²) in [4.78, 5) is 28.5. The van der Waals surface area contributed by atoms with Crippen molar-refractivity contribution < 1.29 is 28.9 Å². The molecule has 0 spiro atoms. The Labute approximate surface area is 226 Å². The molecule has 7 heteroatoms. The second kappa shape index (κ2) is 10.8. The van der Waals surface area contributed by atoms with Crippen LogP contribution in [0.2, 0.25) is 0 Å². The number of aliphatic hydroxyl groups excluding tert-OH is 1. The second-order valence-electron chi connectivity index (χ2n) is 9.01. The molecular weight excluding hydrogens is 494 g/mol. The molecule has 4 aromatic carbocycles. The number of anilines is 1. The van der Waals surface area contributed by atoms with Crippen molar-refractivity contribution in [3.63, 3.8) is 0 Å². The van der Waals surface area contributed by atoms with Gasteiger partial charge in [0.1, 0.15) is 17.3 Å². The zero-order chi connectivity index (χ0) is 27.5. The molecule has 4 aromatic rings. The summed E-state index contributed by atoms with van der Waals surface area (Å²) < 4.78 is 16.7. The summed E-state index contributed by atoms with van der Waals surface area (Å²) in [5.41, 5.74) is 2.27. The minimum absolute atomic E-state index is 0.0349. The molecule has 1 aliphatic heterocycles. The molecule has 5 rings (SSSR count). The molecule has 7 nitrogen and oxygen atoms in total. The molecule has 1 fully saturated rings. The Kier molecular flexibility index (Phi) is 7.06. The Morgan fingerprint density at radius 2 is 1.46 bits per heavy atom. The van der Waals surface area contributed by atoms with Crippen LogP contribution < -0.4 is 19.1 Å². The summed E-state index contributed by atoms with van der Waals surface area (Å²) in [6.45, 7) is 1.87. The first-order valence-corrected chi connectivity index (χ1v) is 12.3. The monoisotopic (exact) mass is 521 g/mol. The number of rotatable bonds is 7. The number of ketones is 1. The highest BCUT2D eigenvalue weighted by Crippen LogP contribution is 2.44. The first kappa shape index (κ1) is 25.6. The van der Waals surface area contributed by atoms with Gasteiger partial charge in [-0.15, -0.1) is 0 Å². The maximum absolute atomic E-state index is 13.6. The van der Waals surface area contributed by atoms with Gasteiger partial charge in [-0.25, -0.2) is 0 Å². The van der Waals surface area contributed by atoms with Crippen molar-refractivity contribution in [2.24, 2.45) is 0 Å². The third-order valence-corrected chi connectivity index (χ3v) is 6.63. The molecule has 1 unspecified atom stereocenters. The van der Waals surface area contributed by atoms with Crippen LogP contribution in [-0.2, 0) is 9.59 Å². The third kappa shape index (κ3) is 4.82. The number of carbonyl (C=O) groups excluding carboxylic acids is 2. The SMILES string of the molecule is COc1ccc(/C(O)=C2\C(=O)C(=O)N(c3ccccc3C)C2c2cccc(Oc3ccccc3)c2)cc1OC. The number of Topliss-reactive ketones (excluding diaryl/α,β-unsaturated/α-hetero) is 1. The van der Waals surface area contributed by atoms with Crippen LogP contribution in [0.15, 0.2) is 103 Å². The van der Waals surface area contributed by atoms with Crippen LogP contribution in [0.5, 0.6) is 23.0 Å². The lowest BCUT2D eigenvalue weighted by molar-refractivity contribution is -0.132. The minimum atomic E-state index is -0.904. The fourth-order valence-electron chi connectivity index (χ4n) is 4.74. The van der Waals surface area contributed by atoms with E-state index in [-0.39, 0.29) is 11.3 Å². The van der Waals surface area contributed by atoms with Crippen LogP contribution >= 0.6 is 0 Å². The summed E-state index contributed by atoms with van der Waals surface area (Å²) in [5, 5.41) is 11.5. The van der Waals surface area contributed by atoms with Gasteiger partial charge in [-0.2, -0.15) is 0 Å². The number of benzene rings is 4. The Morgan fingerprint density at radius 1 is 0.769 bits per heavy atom. The van der Waals surface area contributed by atoms with E-state index in [1.807, 2.05) is 61.5 Å². The molecule has 1 amide bonds. The molecule has 1 saturated heterocycles. The van der Waals surface area contributed by atoms with Gasteiger partial charge in [0.05, 0.1) is 25.8 Å². The molecule has 0 aromatic heterocycles. The molecule has 0 saturated carbocycles. The van der Waals surface area contributed by atoms with Crippen molar-refractivity contribution >= 4 is 23.1 Å². The van der Waals surface area contributed by atoms with E-state index < -0.39 is 17.7 Å². The quantitative estimate of drug-likeness (QED) is 0.171. The predicted molar refractivity (Wildman–Crippen MR) is 148 cm³/mol. The average molecular weight is 522 g/mol. The van der Waals surface area contributed by atoms with Crippen LogP contribution in [0.3, 0.4) is 0 Å². The summed E-state index contributed by atoms with van der Waals surface area (Å²) >= 11 is 0. The van der Waals surface area contributed by atoms with Gasteiger partial charge < -0.3 is 19.3 Å². The topological polar surface area (TPSA) is 85.3 Å². The second-order valence-corrected chi connectivity index (χ2v) is 9.01. The van der Waals surface area contributed by atoms with E-state index in [0.29, 0.717) is 39.8 Å². The van der Waals surface area contributed by atoms with Gasteiger partial charge in [0, 0.05) is 11.3 Å². The number of para-hydroxylation sites is 2. The van der Waals surface area contributed by atoms with Crippen molar-refractivity contribution in [3.05, 3.63) is 119 Å². The summed E-state index contributed by atoms with van der Waals surface area (Å²) in [5.74, 6) is 0.190. The fraction of sp³-hybridized carbons (Fsp3) is 0.125. The van der Waals surface area contributed by atoms with Gasteiger partial charge in [0.25, 0.3) is 11.7 Å². The number of aliphatic hydroxyl groups is 1. The van der Waals surface area contributed by atoms with Gasteiger partial charge in [-0.1, -0.05) is 48.5 Å². The highest BCUT2D eigenvalue weighted by atomic mass is 16.5. The Balaban J connectivity index is 1.69. The average Bonchev–Trinajstić information content (AvgIpc) is 3.23. The normalized spacial score (nSPS) is 16.3. The number of hydrogen-bond donors (Lipinski definition) is 1. The number of methoxy groups -OCH3 is 2. The third-order valence-electron chi connectivity index (χ3n) is 6.63. The van der Waals surface area contributed by atoms with Gasteiger partial charge >= 0.3 is 0 Å². The van der Waals surface area contributed by atoms with Crippen molar-refractivity contribution in [2.75, 3.05) is 19.1 Å². The van der Waals surface area contributed by atoms with Crippen LogP contribution in [0, 0.1) is 6.92 Å².